The van der Waals surface area contributed by atoms with Crippen LogP contribution < -0.4 is 21.3 Å². The second kappa shape index (κ2) is 17.5. The number of unbranched alkanes of at least 4 members (excludes halogenated alkanes) is 1. The first-order chi connectivity index (χ1) is 16.4. The Morgan fingerprint density at radius 2 is 1.57 bits per heavy atom. The van der Waals surface area contributed by atoms with Gasteiger partial charge in [0.1, 0.15) is 12.1 Å². The molecule has 35 heavy (non-hydrogen) atoms. The van der Waals surface area contributed by atoms with E-state index >= 15 is 0 Å². The van der Waals surface area contributed by atoms with Gasteiger partial charge in [0.15, 0.2) is 5.78 Å². The molecule has 0 aromatic rings. The lowest BCUT2D eigenvalue weighted by Crippen LogP contribution is -2.55. The Bertz CT molecular complexity index is 774. The Balaban J connectivity index is 5.50. The van der Waals surface area contributed by atoms with Crippen molar-refractivity contribution < 1.29 is 28.7 Å². The molecule has 0 aromatic heterocycles. The number of rotatable bonds is 17. The zero-order valence-electron chi connectivity index (χ0n) is 21.2. The number of hydrogen-bond donors (Lipinski definition) is 5. The number of ketones is 1. The van der Waals surface area contributed by atoms with Crippen molar-refractivity contribution in [1.29, 1.82) is 5.41 Å². The fraction of sp³-hybridized carbons (Fsp3) is 0.696. The summed E-state index contributed by atoms with van der Waals surface area (Å²) in [6, 6.07) is -2.37. The molecule has 0 radical (unpaired) electrons. The summed E-state index contributed by atoms with van der Waals surface area (Å²) in [6.07, 6.45) is 2.16. The highest BCUT2D eigenvalue weighted by molar-refractivity contribution is 7.80. The number of esters is 1. The largest absolute Gasteiger partial charge is 0.461 e. The normalized spacial score (nSPS) is 13.1. The first-order valence-corrected chi connectivity index (χ1v) is 12.2. The molecule has 3 atom stereocenters. The molecule has 12 heteroatoms. The Kier molecular flexibility index (Phi) is 16.1. The van der Waals surface area contributed by atoms with Gasteiger partial charge in [-0.25, -0.2) is 4.79 Å². The van der Waals surface area contributed by atoms with Crippen molar-refractivity contribution in [2.24, 2.45) is 0 Å². The van der Waals surface area contributed by atoms with Gasteiger partial charge in [0, 0.05) is 26.8 Å². The first-order valence-electron chi connectivity index (χ1n) is 11.8. The van der Waals surface area contributed by atoms with E-state index in [0.29, 0.717) is 38.4 Å². The Hall–Kier alpha value is -2.89. The summed E-state index contributed by atoms with van der Waals surface area (Å²) in [4.78, 5) is 60.1. The van der Waals surface area contributed by atoms with Crippen LogP contribution in [0.2, 0.25) is 0 Å². The molecular weight excluding hydrogens is 474 g/mol. The molecule has 0 aliphatic heterocycles. The predicted octanol–water partition coefficient (Wildman–Crippen LogP) is 0.928. The van der Waals surface area contributed by atoms with E-state index in [9.17, 15) is 24.0 Å². The predicted molar refractivity (Wildman–Crippen MR) is 136 cm³/mol. The molecule has 11 nitrogen and oxygen atoms in total. The number of nitrogens with one attached hydrogen (secondary N) is 5. The topological polar surface area (TPSA) is 167 Å². The second-order valence-corrected chi connectivity index (χ2v) is 8.84. The van der Waals surface area contributed by atoms with Gasteiger partial charge >= 0.3 is 5.97 Å². The van der Waals surface area contributed by atoms with Crippen molar-refractivity contribution >= 4 is 52.9 Å². The monoisotopic (exact) mass is 513 g/mol. The third-order valence-corrected chi connectivity index (χ3v) is 5.22. The maximum atomic E-state index is 13.2. The van der Waals surface area contributed by atoms with Crippen LogP contribution in [0.1, 0.15) is 73.1 Å². The van der Waals surface area contributed by atoms with E-state index in [2.05, 4.69) is 21.3 Å². The zero-order valence-corrected chi connectivity index (χ0v) is 22.0. The fourth-order valence-corrected chi connectivity index (χ4v) is 3.44. The van der Waals surface area contributed by atoms with Crippen molar-refractivity contribution in [3.05, 3.63) is 0 Å². The van der Waals surface area contributed by atoms with Crippen LogP contribution in [0.3, 0.4) is 0 Å². The molecule has 0 aliphatic carbocycles. The molecule has 0 aromatic carbocycles. The smallest absolute Gasteiger partial charge is 0.328 e. The van der Waals surface area contributed by atoms with Gasteiger partial charge in [-0.15, -0.1) is 0 Å². The lowest BCUT2D eigenvalue weighted by atomic mass is 10.0. The average Bonchev–Trinajstić information content (AvgIpc) is 2.77. The molecule has 0 heterocycles. The Morgan fingerprint density at radius 1 is 0.914 bits per heavy atom. The zero-order chi connectivity index (χ0) is 27.0. The average molecular weight is 514 g/mol. The van der Waals surface area contributed by atoms with E-state index in [-0.39, 0.29) is 29.6 Å². The minimum Gasteiger partial charge on any atom is -0.461 e. The van der Waals surface area contributed by atoms with Crippen molar-refractivity contribution in [3.8, 4) is 0 Å². The number of amides is 3. The van der Waals surface area contributed by atoms with Gasteiger partial charge < -0.3 is 31.4 Å². The number of carbonyl (C=O) groups excluding carboxylic acids is 5. The lowest BCUT2D eigenvalue weighted by Gasteiger charge is -2.26. The summed E-state index contributed by atoms with van der Waals surface area (Å²) in [7, 11) is 0. The maximum Gasteiger partial charge on any atom is 0.328 e. The van der Waals surface area contributed by atoms with Crippen molar-refractivity contribution in [2.45, 2.75) is 97.4 Å². The number of ether oxygens (including phenoxy) is 1. The summed E-state index contributed by atoms with van der Waals surface area (Å²) in [5.74, 6) is -2.08. The Morgan fingerprint density at radius 3 is 2.09 bits per heavy atom. The van der Waals surface area contributed by atoms with Gasteiger partial charge in [-0.05, 0) is 46.0 Å². The van der Waals surface area contributed by atoms with E-state index in [4.69, 9.17) is 22.4 Å². The highest BCUT2D eigenvalue weighted by atomic mass is 32.1. The number of Topliss-reactive ketones (excluding diaryl/α,β-unsaturated/α-hetero) is 1. The number of thiocarbonyl (C=S) groups is 1. The van der Waals surface area contributed by atoms with Crippen LogP contribution in [0.15, 0.2) is 0 Å². The number of hydrogen-bond acceptors (Lipinski definition) is 8. The summed E-state index contributed by atoms with van der Waals surface area (Å²) in [6.45, 7) is 8.43. The summed E-state index contributed by atoms with van der Waals surface area (Å²) in [5, 5.41) is 18.1. The van der Waals surface area contributed by atoms with Gasteiger partial charge in [-0.3, -0.25) is 19.2 Å². The van der Waals surface area contributed by atoms with Crippen LogP contribution in [-0.2, 0) is 28.7 Å². The van der Waals surface area contributed by atoms with Gasteiger partial charge in [-0.2, -0.15) is 0 Å². The number of carbonyl (C=O) groups is 5. The van der Waals surface area contributed by atoms with Crippen LogP contribution in [0.25, 0.3) is 0 Å². The quantitative estimate of drug-likeness (QED) is 0.0829. The van der Waals surface area contributed by atoms with E-state index < -0.39 is 41.9 Å². The minimum atomic E-state index is -1.08. The van der Waals surface area contributed by atoms with Crippen molar-refractivity contribution in [1.82, 2.24) is 21.3 Å². The molecule has 0 aliphatic rings. The van der Waals surface area contributed by atoms with Gasteiger partial charge in [-0.1, -0.05) is 19.1 Å². The fourth-order valence-electron chi connectivity index (χ4n) is 3.07. The molecular formula is C23H39N5O6S. The summed E-state index contributed by atoms with van der Waals surface area (Å²) < 4.78 is 5.22. The molecule has 0 unspecified atom stereocenters. The third-order valence-electron chi connectivity index (χ3n) is 4.82. The summed E-state index contributed by atoms with van der Waals surface area (Å²) >= 11 is 5.42. The van der Waals surface area contributed by atoms with E-state index in [0.717, 1.165) is 0 Å². The van der Waals surface area contributed by atoms with Gasteiger partial charge in [0.25, 0.3) is 0 Å². The SMILES string of the molecule is CC[C@H](NC(C)=O)C(=S)N[C@@H](CCCCNC(C)=O)C(=O)N[C@@H](CCC(=O)C=N)C(=O)OC(C)C. The van der Waals surface area contributed by atoms with Crippen LogP contribution in [0.5, 0.6) is 0 Å². The first kappa shape index (κ1) is 32.1. The molecule has 0 saturated carbocycles. The summed E-state index contributed by atoms with van der Waals surface area (Å²) in [5.41, 5.74) is 0. The highest BCUT2D eigenvalue weighted by Crippen LogP contribution is 2.08. The molecule has 0 saturated heterocycles. The lowest BCUT2D eigenvalue weighted by molar-refractivity contribution is -0.151. The second-order valence-electron chi connectivity index (χ2n) is 8.40. The molecule has 0 spiro atoms. The van der Waals surface area contributed by atoms with Gasteiger partial charge in [0.05, 0.1) is 23.3 Å². The molecule has 0 bridgehead atoms. The van der Waals surface area contributed by atoms with Crippen LogP contribution >= 0.6 is 12.2 Å². The molecule has 198 valence electrons. The molecule has 0 rings (SSSR count). The van der Waals surface area contributed by atoms with Crippen LogP contribution in [-0.4, -0.2) is 71.5 Å². The van der Waals surface area contributed by atoms with E-state index in [1.807, 2.05) is 6.92 Å². The minimum absolute atomic E-state index is 0.0192. The van der Waals surface area contributed by atoms with Crippen LogP contribution in [0, 0.1) is 5.41 Å². The van der Waals surface area contributed by atoms with Gasteiger partial charge in [0.2, 0.25) is 17.7 Å². The Labute approximate surface area is 212 Å². The van der Waals surface area contributed by atoms with E-state index in [1.165, 1.54) is 13.8 Å². The molecule has 5 N–H and O–H groups in total. The standard InChI is InChI=1S/C23H39N5O6S/c1-6-18(26-16(5)30)22(35)28-19(9-7-8-12-25-15(4)29)21(32)27-20(11-10-17(31)13-24)23(33)34-14(2)3/h13-14,18-20,24H,6-12H2,1-5H3,(H,25,29)(H,26,30)(H,27,32)(H,28,35)/t18-,19-,20-/m0/s1. The van der Waals surface area contributed by atoms with Crippen molar-refractivity contribution in [3.63, 3.8) is 0 Å². The molecule has 3 amide bonds. The molecule has 0 fully saturated rings. The highest BCUT2D eigenvalue weighted by Gasteiger charge is 2.29. The van der Waals surface area contributed by atoms with E-state index in [1.54, 1.807) is 13.8 Å². The maximum absolute atomic E-state index is 13.2. The van der Waals surface area contributed by atoms with Crippen LogP contribution in [0.4, 0.5) is 0 Å². The van der Waals surface area contributed by atoms with Crippen molar-refractivity contribution in [2.75, 3.05) is 6.54 Å². The third kappa shape index (κ3) is 14.9.